The molecular weight excluding hydrogens is 272 g/mol. The minimum absolute atomic E-state index is 0.0627. The number of benzene rings is 1. The Kier molecular flexibility index (Phi) is 3.52. The first-order chi connectivity index (χ1) is 8.99. The molecule has 0 saturated heterocycles. The zero-order chi connectivity index (χ0) is 14.0. The van der Waals surface area contributed by atoms with E-state index < -0.39 is 10.8 Å². The van der Waals surface area contributed by atoms with Gasteiger partial charge >= 0.3 is 0 Å². The van der Waals surface area contributed by atoms with E-state index in [4.69, 9.17) is 16.0 Å². The molecular formula is C12H9ClN2O4. The lowest BCUT2D eigenvalue weighted by Gasteiger charge is -2.05. The quantitative estimate of drug-likeness (QED) is 0.689. The fourth-order valence-corrected chi connectivity index (χ4v) is 1.74. The average Bonchev–Trinajstić information content (AvgIpc) is 2.77. The van der Waals surface area contributed by atoms with Crippen molar-refractivity contribution in [2.75, 3.05) is 5.32 Å². The van der Waals surface area contributed by atoms with Gasteiger partial charge in [0.05, 0.1) is 16.7 Å². The number of hydrogen-bond acceptors (Lipinski definition) is 4. The third-order valence-electron chi connectivity index (χ3n) is 2.46. The number of hydrogen-bond donors (Lipinski definition) is 1. The van der Waals surface area contributed by atoms with Gasteiger partial charge in [-0.25, -0.2) is 0 Å². The molecule has 7 heteroatoms. The third kappa shape index (κ3) is 2.74. The summed E-state index contributed by atoms with van der Waals surface area (Å²) in [5.41, 5.74) is 0.786. The molecule has 0 aliphatic carbocycles. The van der Waals surface area contributed by atoms with E-state index in [1.165, 1.54) is 24.5 Å². The Bertz CT molecular complexity index is 651. The molecule has 1 amide bonds. The SMILES string of the molecule is Cc1ccc(NC(=O)c2ccoc2Cl)c([N+](=O)[O-])c1. The fourth-order valence-electron chi connectivity index (χ4n) is 1.54. The minimum atomic E-state index is -0.564. The van der Waals surface area contributed by atoms with Crippen molar-refractivity contribution in [1.29, 1.82) is 0 Å². The summed E-state index contributed by atoms with van der Waals surface area (Å²) in [5, 5.41) is 13.3. The summed E-state index contributed by atoms with van der Waals surface area (Å²) in [7, 11) is 0. The molecule has 1 N–H and O–H groups in total. The van der Waals surface area contributed by atoms with Gasteiger partial charge in [0.1, 0.15) is 5.69 Å². The van der Waals surface area contributed by atoms with Gasteiger partial charge in [0.15, 0.2) is 0 Å². The number of anilines is 1. The van der Waals surface area contributed by atoms with Crippen LogP contribution >= 0.6 is 11.6 Å². The van der Waals surface area contributed by atoms with Gasteiger partial charge in [0, 0.05) is 6.07 Å². The summed E-state index contributed by atoms with van der Waals surface area (Å²) in [6.45, 7) is 1.73. The molecule has 19 heavy (non-hydrogen) atoms. The topological polar surface area (TPSA) is 85.4 Å². The largest absolute Gasteiger partial charge is 0.452 e. The van der Waals surface area contributed by atoms with Crippen LogP contribution in [-0.4, -0.2) is 10.8 Å². The lowest BCUT2D eigenvalue weighted by Crippen LogP contribution is -2.12. The van der Waals surface area contributed by atoms with Crippen LogP contribution in [-0.2, 0) is 0 Å². The highest BCUT2D eigenvalue weighted by Crippen LogP contribution is 2.26. The van der Waals surface area contributed by atoms with E-state index in [0.717, 1.165) is 5.56 Å². The molecule has 0 atom stereocenters. The maximum Gasteiger partial charge on any atom is 0.293 e. The second kappa shape index (κ2) is 5.11. The number of aryl methyl sites for hydroxylation is 1. The Morgan fingerprint density at radius 2 is 2.16 bits per heavy atom. The number of nitro groups is 1. The minimum Gasteiger partial charge on any atom is -0.452 e. The van der Waals surface area contributed by atoms with Crippen molar-refractivity contribution in [2.45, 2.75) is 6.92 Å². The van der Waals surface area contributed by atoms with Crippen LogP contribution in [0, 0.1) is 17.0 Å². The van der Waals surface area contributed by atoms with Crippen LogP contribution in [0.4, 0.5) is 11.4 Å². The Morgan fingerprint density at radius 3 is 2.74 bits per heavy atom. The number of nitro benzene ring substituents is 1. The van der Waals surface area contributed by atoms with E-state index in [0.29, 0.717) is 0 Å². The Morgan fingerprint density at radius 1 is 1.42 bits per heavy atom. The van der Waals surface area contributed by atoms with E-state index in [1.807, 2.05) is 0 Å². The molecule has 0 saturated carbocycles. The lowest BCUT2D eigenvalue weighted by molar-refractivity contribution is -0.384. The molecule has 2 aromatic rings. The second-order valence-corrected chi connectivity index (χ2v) is 4.18. The molecule has 0 aliphatic heterocycles. The van der Waals surface area contributed by atoms with Gasteiger partial charge in [-0.3, -0.25) is 14.9 Å². The van der Waals surface area contributed by atoms with Gasteiger partial charge in [0.2, 0.25) is 5.22 Å². The van der Waals surface area contributed by atoms with Gasteiger partial charge in [-0.15, -0.1) is 0 Å². The van der Waals surface area contributed by atoms with Gasteiger partial charge < -0.3 is 9.73 Å². The van der Waals surface area contributed by atoms with Crippen LogP contribution < -0.4 is 5.32 Å². The van der Waals surface area contributed by atoms with Crippen LogP contribution in [0.15, 0.2) is 34.9 Å². The first kappa shape index (κ1) is 13.1. The normalized spacial score (nSPS) is 10.2. The van der Waals surface area contributed by atoms with Crippen molar-refractivity contribution in [3.05, 3.63) is 57.0 Å². The van der Waals surface area contributed by atoms with Gasteiger partial charge in [0.25, 0.3) is 11.6 Å². The lowest BCUT2D eigenvalue weighted by atomic mass is 10.2. The molecule has 1 aromatic carbocycles. The summed E-state index contributed by atoms with van der Waals surface area (Å²) in [4.78, 5) is 22.2. The monoisotopic (exact) mass is 280 g/mol. The standard InChI is InChI=1S/C12H9ClN2O4/c1-7-2-3-9(10(6-7)15(17)18)14-12(16)8-4-5-19-11(8)13/h2-6H,1H3,(H,14,16). The second-order valence-electron chi connectivity index (χ2n) is 3.84. The summed E-state index contributed by atoms with van der Waals surface area (Å²) in [6, 6.07) is 5.91. The maximum absolute atomic E-state index is 11.9. The molecule has 0 radical (unpaired) electrons. The van der Waals surface area contributed by atoms with E-state index >= 15 is 0 Å². The summed E-state index contributed by atoms with van der Waals surface area (Å²) >= 11 is 5.67. The van der Waals surface area contributed by atoms with E-state index in [1.54, 1.807) is 13.0 Å². The first-order valence-corrected chi connectivity index (χ1v) is 5.66. The Balaban J connectivity index is 2.32. The fraction of sp³-hybridized carbons (Fsp3) is 0.0833. The van der Waals surface area contributed by atoms with Gasteiger partial charge in [-0.2, -0.15) is 0 Å². The molecule has 1 aromatic heterocycles. The van der Waals surface area contributed by atoms with Crippen molar-refractivity contribution in [3.8, 4) is 0 Å². The number of carbonyl (C=O) groups is 1. The molecule has 0 spiro atoms. The zero-order valence-electron chi connectivity index (χ0n) is 9.84. The first-order valence-electron chi connectivity index (χ1n) is 5.28. The molecule has 6 nitrogen and oxygen atoms in total. The van der Waals surface area contributed by atoms with Crippen molar-refractivity contribution in [1.82, 2.24) is 0 Å². The molecule has 1 heterocycles. The smallest absolute Gasteiger partial charge is 0.293 e. The maximum atomic E-state index is 11.9. The highest BCUT2D eigenvalue weighted by atomic mass is 35.5. The molecule has 0 unspecified atom stereocenters. The summed E-state index contributed by atoms with van der Waals surface area (Å²) in [5.74, 6) is -0.564. The Labute approximate surface area is 113 Å². The number of halogens is 1. The van der Waals surface area contributed by atoms with Crippen LogP contribution in [0.1, 0.15) is 15.9 Å². The highest BCUT2D eigenvalue weighted by molar-refractivity contribution is 6.32. The highest BCUT2D eigenvalue weighted by Gasteiger charge is 2.19. The van der Waals surface area contributed by atoms with Crippen LogP contribution in [0.2, 0.25) is 5.22 Å². The van der Waals surface area contributed by atoms with E-state index in [2.05, 4.69) is 5.32 Å². The van der Waals surface area contributed by atoms with Crippen LogP contribution in [0.25, 0.3) is 0 Å². The molecule has 98 valence electrons. The van der Waals surface area contributed by atoms with Crippen molar-refractivity contribution < 1.29 is 14.1 Å². The molecule has 2 rings (SSSR count). The Hall–Kier alpha value is -2.34. The molecule has 0 aliphatic rings. The van der Waals surface area contributed by atoms with Crippen molar-refractivity contribution >= 4 is 28.9 Å². The number of furan rings is 1. The number of nitrogens with zero attached hydrogens (tertiary/aromatic N) is 1. The van der Waals surface area contributed by atoms with Crippen molar-refractivity contribution in [2.24, 2.45) is 0 Å². The predicted octanol–water partition coefficient (Wildman–Crippen LogP) is 3.40. The number of rotatable bonds is 3. The molecule has 0 bridgehead atoms. The van der Waals surface area contributed by atoms with E-state index in [-0.39, 0.29) is 22.2 Å². The van der Waals surface area contributed by atoms with Crippen molar-refractivity contribution in [3.63, 3.8) is 0 Å². The predicted molar refractivity (Wildman–Crippen MR) is 69.5 cm³/mol. The van der Waals surface area contributed by atoms with Gasteiger partial charge in [-0.1, -0.05) is 6.07 Å². The van der Waals surface area contributed by atoms with Crippen LogP contribution in [0.5, 0.6) is 0 Å². The van der Waals surface area contributed by atoms with Crippen LogP contribution in [0.3, 0.4) is 0 Å². The van der Waals surface area contributed by atoms with Gasteiger partial charge in [-0.05, 0) is 36.2 Å². The number of amides is 1. The summed E-state index contributed by atoms with van der Waals surface area (Å²) < 4.78 is 4.79. The van der Waals surface area contributed by atoms with E-state index in [9.17, 15) is 14.9 Å². The third-order valence-corrected chi connectivity index (χ3v) is 2.75. The number of carbonyl (C=O) groups excluding carboxylic acids is 1. The number of nitrogens with one attached hydrogen (secondary N) is 1. The average molecular weight is 281 g/mol. The zero-order valence-corrected chi connectivity index (χ0v) is 10.6. The molecule has 0 fully saturated rings. The summed E-state index contributed by atoms with van der Waals surface area (Å²) in [6.07, 6.45) is 1.26.